The van der Waals surface area contributed by atoms with Gasteiger partial charge in [-0.25, -0.2) is 9.59 Å². The Labute approximate surface area is 165 Å². The zero-order valence-corrected chi connectivity index (χ0v) is 17.2. The predicted octanol–water partition coefficient (Wildman–Crippen LogP) is 2.21. The second kappa shape index (κ2) is 8.95. The molecule has 0 saturated carbocycles. The van der Waals surface area contributed by atoms with Crippen molar-refractivity contribution in [1.82, 2.24) is 9.80 Å². The molecule has 28 heavy (non-hydrogen) atoms. The Morgan fingerprint density at radius 2 is 1.61 bits per heavy atom. The molecule has 8 heteroatoms. The maximum atomic E-state index is 12.8. The molecular formula is C20H29N3O5. The number of carbonyl (C=O) groups is 3. The van der Waals surface area contributed by atoms with Crippen LogP contribution in [0.3, 0.4) is 0 Å². The highest BCUT2D eigenvalue weighted by molar-refractivity contribution is 5.95. The van der Waals surface area contributed by atoms with Crippen LogP contribution >= 0.6 is 0 Å². The Morgan fingerprint density at radius 1 is 1.00 bits per heavy atom. The fourth-order valence-electron chi connectivity index (χ4n) is 3.06. The van der Waals surface area contributed by atoms with Crippen molar-refractivity contribution in [2.24, 2.45) is 5.41 Å². The van der Waals surface area contributed by atoms with Crippen molar-refractivity contribution in [3.05, 3.63) is 29.8 Å². The Morgan fingerprint density at radius 3 is 2.14 bits per heavy atom. The zero-order chi connectivity index (χ0) is 20.9. The topological polar surface area (TPSA) is 88.2 Å². The predicted molar refractivity (Wildman–Crippen MR) is 105 cm³/mol. The van der Waals surface area contributed by atoms with Gasteiger partial charge in [-0.3, -0.25) is 4.79 Å². The summed E-state index contributed by atoms with van der Waals surface area (Å²) in [6.45, 7) is 7.58. The Hall–Kier alpha value is -2.77. The lowest BCUT2D eigenvalue weighted by Crippen LogP contribution is -2.50. The quantitative estimate of drug-likeness (QED) is 0.792. The summed E-state index contributed by atoms with van der Waals surface area (Å²) in [5.74, 6) is -0.471. The summed E-state index contributed by atoms with van der Waals surface area (Å²) in [6.07, 6.45) is -0.380. The number of benzene rings is 1. The molecule has 0 aliphatic carbocycles. The lowest BCUT2D eigenvalue weighted by Gasteiger charge is -2.34. The van der Waals surface area contributed by atoms with Gasteiger partial charge < -0.3 is 24.6 Å². The largest absolute Gasteiger partial charge is 0.467 e. The van der Waals surface area contributed by atoms with E-state index in [4.69, 9.17) is 9.47 Å². The van der Waals surface area contributed by atoms with Crippen LogP contribution in [0.2, 0.25) is 0 Å². The molecular weight excluding hydrogens is 362 g/mol. The SMILES string of the molecule is COC(=O)[C@@H](Nc1cccc(C(=O)N2CCN(C(=O)OC)CC2)c1)C(C)(C)C. The number of carbonyl (C=O) groups excluding carboxylic acids is 3. The van der Waals surface area contributed by atoms with Gasteiger partial charge in [-0.2, -0.15) is 0 Å². The first-order valence-corrected chi connectivity index (χ1v) is 9.24. The van der Waals surface area contributed by atoms with E-state index in [1.54, 1.807) is 28.0 Å². The monoisotopic (exact) mass is 391 g/mol. The third-order valence-electron chi connectivity index (χ3n) is 4.72. The molecule has 1 heterocycles. The molecule has 0 aromatic heterocycles. The van der Waals surface area contributed by atoms with Gasteiger partial charge >= 0.3 is 12.1 Å². The summed E-state index contributed by atoms with van der Waals surface area (Å²) in [5, 5.41) is 3.18. The lowest BCUT2D eigenvalue weighted by atomic mass is 9.86. The molecule has 1 aromatic rings. The molecule has 2 amide bonds. The average Bonchev–Trinajstić information content (AvgIpc) is 2.69. The van der Waals surface area contributed by atoms with E-state index in [-0.39, 0.29) is 23.4 Å². The number of nitrogens with zero attached hydrogens (tertiary/aromatic N) is 2. The van der Waals surface area contributed by atoms with Gasteiger partial charge in [-0.1, -0.05) is 26.8 Å². The standard InChI is InChI=1S/C20H29N3O5/c1-20(2,3)16(18(25)27-4)21-15-8-6-7-14(13-15)17(24)22-9-11-23(12-10-22)19(26)28-5/h6-8,13,16,21H,9-12H2,1-5H3/t16-/m1/s1. The number of amides is 2. The molecule has 0 unspecified atom stereocenters. The number of hydrogen-bond acceptors (Lipinski definition) is 6. The van der Waals surface area contributed by atoms with Gasteiger partial charge in [0, 0.05) is 37.4 Å². The summed E-state index contributed by atoms with van der Waals surface area (Å²) in [7, 11) is 2.70. The normalized spacial score (nSPS) is 15.6. The molecule has 0 radical (unpaired) electrons. The van der Waals surface area contributed by atoms with E-state index in [1.165, 1.54) is 14.2 Å². The highest BCUT2D eigenvalue weighted by atomic mass is 16.5. The van der Waals surface area contributed by atoms with E-state index >= 15 is 0 Å². The molecule has 2 rings (SSSR count). The Balaban J connectivity index is 2.09. The van der Waals surface area contributed by atoms with Gasteiger partial charge in [0.2, 0.25) is 0 Å². The first kappa shape index (κ1) is 21.5. The van der Waals surface area contributed by atoms with E-state index in [0.717, 1.165) is 0 Å². The molecule has 8 nitrogen and oxygen atoms in total. The van der Waals surface area contributed by atoms with E-state index in [2.05, 4.69) is 5.32 Å². The van der Waals surface area contributed by atoms with E-state index < -0.39 is 6.04 Å². The van der Waals surface area contributed by atoms with Gasteiger partial charge in [0.25, 0.3) is 5.91 Å². The fourth-order valence-corrected chi connectivity index (χ4v) is 3.06. The van der Waals surface area contributed by atoms with Crippen LogP contribution in [0.25, 0.3) is 0 Å². The second-order valence-electron chi connectivity index (χ2n) is 7.80. The lowest BCUT2D eigenvalue weighted by molar-refractivity contribution is -0.143. The molecule has 0 bridgehead atoms. The molecule has 0 spiro atoms. The van der Waals surface area contributed by atoms with Crippen molar-refractivity contribution in [2.45, 2.75) is 26.8 Å². The number of nitrogens with one attached hydrogen (secondary N) is 1. The summed E-state index contributed by atoms with van der Waals surface area (Å²) in [6, 6.07) is 6.51. The van der Waals surface area contributed by atoms with Gasteiger partial charge in [-0.05, 0) is 23.6 Å². The molecule has 1 saturated heterocycles. The van der Waals surface area contributed by atoms with Crippen molar-refractivity contribution in [3.8, 4) is 0 Å². The van der Waals surface area contributed by atoms with Crippen molar-refractivity contribution < 1.29 is 23.9 Å². The van der Waals surface area contributed by atoms with Crippen molar-refractivity contribution in [1.29, 1.82) is 0 Å². The number of esters is 1. The van der Waals surface area contributed by atoms with Gasteiger partial charge in [-0.15, -0.1) is 0 Å². The highest BCUT2D eigenvalue weighted by Gasteiger charge is 2.32. The van der Waals surface area contributed by atoms with Gasteiger partial charge in [0.05, 0.1) is 14.2 Å². The zero-order valence-electron chi connectivity index (χ0n) is 17.2. The number of rotatable bonds is 4. The van der Waals surface area contributed by atoms with Crippen LogP contribution < -0.4 is 5.32 Å². The van der Waals surface area contributed by atoms with Crippen molar-refractivity contribution in [3.63, 3.8) is 0 Å². The minimum atomic E-state index is -0.550. The first-order valence-electron chi connectivity index (χ1n) is 9.24. The number of methoxy groups -OCH3 is 2. The summed E-state index contributed by atoms with van der Waals surface area (Å²) < 4.78 is 9.62. The van der Waals surface area contributed by atoms with Crippen LogP contribution in [0.5, 0.6) is 0 Å². The van der Waals surface area contributed by atoms with Gasteiger partial charge in [0.1, 0.15) is 6.04 Å². The first-order chi connectivity index (χ1) is 13.2. The maximum absolute atomic E-state index is 12.8. The Bertz CT molecular complexity index is 721. The van der Waals surface area contributed by atoms with E-state index in [9.17, 15) is 14.4 Å². The molecule has 1 fully saturated rings. The molecule has 1 aromatic carbocycles. The van der Waals surface area contributed by atoms with Crippen LogP contribution in [0, 0.1) is 5.41 Å². The maximum Gasteiger partial charge on any atom is 0.409 e. The van der Waals surface area contributed by atoms with E-state index in [0.29, 0.717) is 37.4 Å². The molecule has 1 aliphatic heterocycles. The van der Waals surface area contributed by atoms with Crippen LogP contribution in [-0.4, -0.2) is 74.2 Å². The smallest absolute Gasteiger partial charge is 0.409 e. The molecule has 1 atom stereocenters. The number of piperazine rings is 1. The van der Waals surface area contributed by atoms with Crippen LogP contribution in [0.1, 0.15) is 31.1 Å². The third kappa shape index (κ3) is 5.15. The summed E-state index contributed by atoms with van der Waals surface area (Å²) in [5.41, 5.74) is 0.829. The van der Waals surface area contributed by atoms with E-state index in [1.807, 2.05) is 26.8 Å². The minimum Gasteiger partial charge on any atom is -0.467 e. The highest BCUT2D eigenvalue weighted by Crippen LogP contribution is 2.25. The number of ether oxygens (including phenoxy) is 2. The minimum absolute atomic E-state index is 0.112. The van der Waals surface area contributed by atoms with Crippen LogP contribution in [-0.2, 0) is 14.3 Å². The van der Waals surface area contributed by atoms with Crippen molar-refractivity contribution in [2.75, 3.05) is 45.7 Å². The molecule has 154 valence electrons. The van der Waals surface area contributed by atoms with Crippen LogP contribution in [0.15, 0.2) is 24.3 Å². The van der Waals surface area contributed by atoms with Crippen molar-refractivity contribution >= 4 is 23.7 Å². The second-order valence-corrected chi connectivity index (χ2v) is 7.80. The molecule has 1 N–H and O–H groups in total. The fraction of sp³-hybridized carbons (Fsp3) is 0.550. The van der Waals surface area contributed by atoms with Crippen LogP contribution in [0.4, 0.5) is 10.5 Å². The van der Waals surface area contributed by atoms with Gasteiger partial charge in [0.15, 0.2) is 0 Å². The number of anilines is 1. The summed E-state index contributed by atoms with van der Waals surface area (Å²) >= 11 is 0. The third-order valence-corrected chi connectivity index (χ3v) is 4.72. The number of hydrogen-bond donors (Lipinski definition) is 1. The summed E-state index contributed by atoms with van der Waals surface area (Å²) in [4.78, 5) is 39.8. The Kier molecular flexibility index (Phi) is 6.88. The molecule has 1 aliphatic rings. The average molecular weight is 391 g/mol.